The number of para-hydroxylation sites is 2. The first-order valence-electron chi connectivity index (χ1n) is 8.76. The second-order valence-corrected chi connectivity index (χ2v) is 6.37. The van der Waals surface area contributed by atoms with E-state index in [1.165, 1.54) is 24.4 Å². The van der Waals surface area contributed by atoms with E-state index in [4.69, 9.17) is 0 Å². The Morgan fingerprint density at radius 2 is 1.86 bits per heavy atom. The van der Waals surface area contributed by atoms with Gasteiger partial charge in [0.25, 0.3) is 5.69 Å². The molecule has 0 bridgehead atoms. The number of pyridine rings is 1. The Labute approximate surface area is 160 Å². The van der Waals surface area contributed by atoms with Gasteiger partial charge in [0.2, 0.25) is 0 Å². The van der Waals surface area contributed by atoms with Crippen LogP contribution in [-0.4, -0.2) is 15.5 Å². The van der Waals surface area contributed by atoms with Crippen molar-refractivity contribution in [2.75, 3.05) is 0 Å². The SMILES string of the molecule is O=C(N[C@H](Cn1cnc2ccccc21)c1ccc(F)cc1)c1cccc[n+]1[O-]. The normalized spacial score (nSPS) is 12.0. The van der Waals surface area contributed by atoms with Crippen LogP contribution in [0.4, 0.5) is 4.39 Å². The first-order valence-corrected chi connectivity index (χ1v) is 8.76. The topological polar surface area (TPSA) is 73.9 Å². The maximum Gasteiger partial charge on any atom is 0.317 e. The fourth-order valence-electron chi connectivity index (χ4n) is 3.12. The predicted molar refractivity (Wildman–Crippen MR) is 102 cm³/mol. The lowest BCUT2D eigenvalue weighted by molar-refractivity contribution is -0.607. The largest absolute Gasteiger partial charge is 0.618 e. The summed E-state index contributed by atoms with van der Waals surface area (Å²) in [6, 6.07) is 17.7. The van der Waals surface area contributed by atoms with E-state index in [1.807, 2.05) is 28.8 Å². The molecule has 6 nitrogen and oxygen atoms in total. The fraction of sp³-hybridized carbons (Fsp3) is 0.0952. The number of carbonyl (C=O) groups excluding carboxylic acids is 1. The van der Waals surface area contributed by atoms with Gasteiger partial charge in [0.1, 0.15) is 5.82 Å². The van der Waals surface area contributed by atoms with Gasteiger partial charge in [0.05, 0.1) is 23.4 Å². The summed E-state index contributed by atoms with van der Waals surface area (Å²) in [7, 11) is 0. The molecule has 4 rings (SSSR count). The van der Waals surface area contributed by atoms with Gasteiger partial charge in [0, 0.05) is 18.7 Å². The second-order valence-electron chi connectivity index (χ2n) is 6.37. The maximum absolute atomic E-state index is 13.4. The number of rotatable bonds is 5. The van der Waals surface area contributed by atoms with Gasteiger partial charge in [-0.25, -0.2) is 9.37 Å². The van der Waals surface area contributed by atoms with Crippen molar-refractivity contribution in [2.24, 2.45) is 0 Å². The third kappa shape index (κ3) is 3.55. The Bertz CT molecular complexity index is 1120. The van der Waals surface area contributed by atoms with Crippen LogP contribution in [0.25, 0.3) is 11.0 Å². The van der Waals surface area contributed by atoms with Gasteiger partial charge in [-0.05, 0) is 35.9 Å². The Balaban J connectivity index is 1.67. The van der Waals surface area contributed by atoms with Gasteiger partial charge in [-0.15, -0.1) is 0 Å². The molecule has 0 saturated heterocycles. The Hall–Kier alpha value is -3.74. The number of nitrogens with one attached hydrogen (secondary N) is 1. The highest BCUT2D eigenvalue weighted by Crippen LogP contribution is 2.20. The lowest BCUT2D eigenvalue weighted by Crippen LogP contribution is -2.41. The number of nitrogens with zero attached hydrogens (tertiary/aromatic N) is 3. The summed E-state index contributed by atoms with van der Waals surface area (Å²) < 4.78 is 15.8. The molecule has 140 valence electrons. The number of hydrogen-bond acceptors (Lipinski definition) is 3. The minimum Gasteiger partial charge on any atom is -0.618 e. The molecule has 0 radical (unpaired) electrons. The van der Waals surface area contributed by atoms with Crippen LogP contribution in [0.2, 0.25) is 0 Å². The van der Waals surface area contributed by atoms with Crippen LogP contribution >= 0.6 is 0 Å². The molecule has 0 aliphatic rings. The lowest BCUT2D eigenvalue weighted by atomic mass is 10.1. The van der Waals surface area contributed by atoms with Crippen LogP contribution < -0.4 is 10.0 Å². The monoisotopic (exact) mass is 376 g/mol. The molecular formula is C21H17FN4O2. The third-order valence-electron chi connectivity index (χ3n) is 4.54. The second kappa shape index (κ2) is 7.48. The van der Waals surface area contributed by atoms with Gasteiger partial charge in [0.15, 0.2) is 6.20 Å². The zero-order valence-electron chi connectivity index (χ0n) is 14.8. The quantitative estimate of drug-likeness (QED) is 0.430. The van der Waals surface area contributed by atoms with Crippen molar-refractivity contribution >= 4 is 16.9 Å². The number of halogens is 1. The van der Waals surface area contributed by atoms with E-state index in [9.17, 15) is 14.4 Å². The van der Waals surface area contributed by atoms with E-state index in [-0.39, 0.29) is 11.5 Å². The molecule has 2 aromatic carbocycles. The number of fused-ring (bicyclic) bond motifs is 1. The molecule has 0 fully saturated rings. The van der Waals surface area contributed by atoms with Crippen LogP contribution in [0, 0.1) is 11.0 Å². The number of benzene rings is 2. The van der Waals surface area contributed by atoms with Crippen LogP contribution in [0.15, 0.2) is 79.3 Å². The van der Waals surface area contributed by atoms with E-state index in [1.54, 1.807) is 30.6 Å². The molecule has 0 aliphatic heterocycles. The summed E-state index contributed by atoms with van der Waals surface area (Å²) in [5, 5.41) is 14.8. The molecule has 4 aromatic rings. The highest BCUT2D eigenvalue weighted by molar-refractivity contribution is 5.91. The lowest BCUT2D eigenvalue weighted by Gasteiger charge is -2.20. The average Bonchev–Trinajstić information content (AvgIpc) is 3.11. The Morgan fingerprint density at radius 1 is 1.11 bits per heavy atom. The molecule has 2 aromatic heterocycles. The van der Waals surface area contributed by atoms with Crippen molar-refractivity contribution in [1.82, 2.24) is 14.9 Å². The summed E-state index contributed by atoms with van der Waals surface area (Å²) in [6.07, 6.45) is 2.97. The number of aromatic nitrogens is 3. The van der Waals surface area contributed by atoms with Gasteiger partial charge in [-0.2, -0.15) is 4.73 Å². The van der Waals surface area contributed by atoms with Crippen molar-refractivity contribution in [1.29, 1.82) is 0 Å². The number of amides is 1. The molecule has 0 unspecified atom stereocenters. The Morgan fingerprint density at radius 3 is 2.64 bits per heavy atom. The van der Waals surface area contributed by atoms with E-state index in [2.05, 4.69) is 10.3 Å². The predicted octanol–water partition coefficient (Wildman–Crippen LogP) is 2.98. The fourth-order valence-corrected chi connectivity index (χ4v) is 3.12. The molecular weight excluding hydrogens is 359 g/mol. The molecule has 0 spiro atoms. The summed E-state index contributed by atoms with van der Waals surface area (Å²) in [5.74, 6) is -0.864. The van der Waals surface area contributed by atoms with Crippen molar-refractivity contribution in [2.45, 2.75) is 12.6 Å². The van der Waals surface area contributed by atoms with E-state index >= 15 is 0 Å². The van der Waals surface area contributed by atoms with E-state index in [0.717, 1.165) is 16.6 Å². The summed E-state index contributed by atoms with van der Waals surface area (Å²) in [4.78, 5) is 17.0. The smallest absolute Gasteiger partial charge is 0.317 e. The highest BCUT2D eigenvalue weighted by atomic mass is 19.1. The van der Waals surface area contributed by atoms with Gasteiger partial charge in [-0.3, -0.25) is 4.79 Å². The molecule has 7 heteroatoms. The first-order chi connectivity index (χ1) is 13.6. The van der Waals surface area contributed by atoms with Crippen LogP contribution in [0.3, 0.4) is 0 Å². The molecule has 2 heterocycles. The van der Waals surface area contributed by atoms with Crippen molar-refractivity contribution < 1.29 is 13.9 Å². The molecule has 28 heavy (non-hydrogen) atoms. The minimum absolute atomic E-state index is 0.00917. The first kappa shape index (κ1) is 17.7. The van der Waals surface area contributed by atoms with Gasteiger partial charge >= 0.3 is 5.91 Å². The van der Waals surface area contributed by atoms with E-state index < -0.39 is 11.9 Å². The maximum atomic E-state index is 13.4. The zero-order chi connectivity index (χ0) is 19.5. The van der Waals surface area contributed by atoms with Gasteiger partial charge < -0.3 is 15.1 Å². The Kier molecular flexibility index (Phi) is 4.72. The standard InChI is InChI=1S/C21H17FN4O2/c22-16-10-8-15(9-11-16)18(24-21(27)20-7-3-4-12-26(20)28)13-25-14-23-17-5-1-2-6-19(17)25/h1-12,14,18H,13H2,(H,24,27)/t18-/m1/s1. The number of hydrogen-bond donors (Lipinski definition) is 1. The molecule has 0 aliphatic carbocycles. The van der Waals surface area contributed by atoms with Crippen molar-refractivity contribution in [3.63, 3.8) is 0 Å². The summed E-state index contributed by atoms with van der Waals surface area (Å²) >= 11 is 0. The van der Waals surface area contributed by atoms with Crippen LogP contribution in [0.1, 0.15) is 22.1 Å². The number of carbonyl (C=O) groups is 1. The molecule has 1 amide bonds. The van der Waals surface area contributed by atoms with Gasteiger partial charge in [-0.1, -0.05) is 24.3 Å². The average molecular weight is 376 g/mol. The van der Waals surface area contributed by atoms with Crippen molar-refractivity contribution in [3.05, 3.63) is 102 Å². The van der Waals surface area contributed by atoms with Crippen molar-refractivity contribution in [3.8, 4) is 0 Å². The minimum atomic E-state index is -0.505. The van der Waals surface area contributed by atoms with Crippen LogP contribution in [-0.2, 0) is 6.54 Å². The third-order valence-corrected chi connectivity index (χ3v) is 4.54. The van der Waals surface area contributed by atoms with E-state index in [0.29, 0.717) is 11.3 Å². The molecule has 0 saturated carbocycles. The molecule has 1 atom stereocenters. The highest BCUT2D eigenvalue weighted by Gasteiger charge is 2.22. The molecule has 1 N–H and O–H groups in total. The number of imidazole rings is 1. The van der Waals surface area contributed by atoms with Crippen LogP contribution in [0.5, 0.6) is 0 Å². The summed E-state index contributed by atoms with van der Waals surface area (Å²) in [6.45, 7) is 0.379. The zero-order valence-corrected chi connectivity index (χ0v) is 14.8. The summed E-state index contributed by atoms with van der Waals surface area (Å²) in [5.41, 5.74) is 2.47.